The molecule has 1 saturated carbocycles. The maximum atomic E-state index is 11.1. The van der Waals surface area contributed by atoms with Crippen LogP contribution in [-0.2, 0) is 11.2 Å². The third-order valence-corrected chi connectivity index (χ3v) is 4.56. The number of ketones is 1. The maximum absolute atomic E-state index is 11.1. The monoisotopic (exact) mass is 288 g/mol. The standard InChI is InChI=1S/C11H13BrO2S/c12-8-5-10(15-7-8)6-11(14)3-1-9(13)2-4-11/h5,7,14H,1-4,6H2. The Morgan fingerprint density at radius 1 is 1.47 bits per heavy atom. The zero-order valence-electron chi connectivity index (χ0n) is 8.33. The van der Waals surface area contributed by atoms with Crippen molar-refractivity contribution < 1.29 is 9.90 Å². The highest BCUT2D eigenvalue weighted by molar-refractivity contribution is 9.10. The fourth-order valence-electron chi connectivity index (χ4n) is 1.94. The van der Waals surface area contributed by atoms with Crippen LogP contribution in [0.2, 0.25) is 0 Å². The Morgan fingerprint density at radius 3 is 2.67 bits per heavy atom. The molecule has 1 aliphatic rings. The largest absolute Gasteiger partial charge is 0.389 e. The van der Waals surface area contributed by atoms with Crippen molar-refractivity contribution in [2.45, 2.75) is 37.7 Å². The summed E-state index contributed by atoms with van der Waals surface area (Å²) in [7, 11) is 0. The highest BCUT2D eigenvalue weighted by atomic mass is 79.9. The number of carbonyl (C=O) groups is 1. The van der Waals surface area contributed by atoms with E-state index in [9.17, 15) is 9.90 Å². The number of thiophene rings is 1. The minimum absolute atomic E-state index is 0.284. The van der Waals surface area contributed by atoms with Gasteiger partial charge in [0.05, 0.1) is 5.60 Å². The van der Waals surface area contributed by atoms with E-state index in [0.29, 0.717) is 32.1 Å². The van der Waals surface area contributed by atoms with Crippen LogP contribution in [0.15, 0.2) is 15.9 Å². The first-order chi connectivity index (χ1) is 7.07. The lowest BCUT2D eigenvalue weighted by molar-refractivity contribution is -0.125. The predicted molar refractivity (Wildman–Crippen MR) is 64.1 cm³/mol. The summed E-state index contributed by atoms with van der Waals surface area (Å²) < 4.78 is 1.07. The fourth-order valence-corrected chi connectivity index (χ4v) is 3.53. The number of halogens is 1. The van der Waals surface area contributed by atoms with Gasteiger partial charge in [-0.1, -0.05) is 0 Å². The summed E-state index contributed by atoms with van der Waals surface area (Å²) in [4.78, 5) is 12.3. The number of rotatable bonds is 2. The molecule has 1 N–H and O–H groups in total. The molecule has 0 saturated heterocycles. The van der Waals surface area contributed by atoms with E-state index in [1.54, 1.807) is 11.3 Å². The van der Waals surface area contributed by atoms with Crippen LogP contribution in [-0.4, -0.2) is 16.5 Å². The first-order valence-corrected chi connectivity index (χ1v) is 6.72. The molecule has 0 unspecified atom stereocenters. The second-order valence-corrected chi connectivity index (χ2v) is 6.08. The third kappa shape index (κ3) is 2.89. The Hall–Kier alpha value is -0.190. The van der Waals surface area contributed by atoms with Gasteiger partial charge >= 0.3 is 0 Å². The van der Waals surface area contributed by atoms with Gasteiger partial charge in [-0.2, -0.15) is 0 Å². The molecule has 0 spiro atoms. The van der Waals surface area contributed by atoms with Gasteiger partial charge in [0.1, 0.15) is 5.78 Å². The lowest BCUT2D eigenvalue weighted by atomic mass is 9.81. The molecule has 0 bridgehead atoms. The molecular weight excluding hydrogens is 276 g/mol. The van der Waals surface area contributed by atoms with E-state index in [2.05, 4.69) is 15.9 Å². The molecule has 1 aromatic rings. The van der Waals surface area contributed by atoms with Gasteiger partial charge in [-0.25, -0.2) is 0 Å². The maximum Gasteiger partial charge on any atom is 0.133 e. The van der Waals surface area contributed by atoms with Crippen molar-refractivity contribution in [2.75, 3.05) is 0 Å². The smallest absolute Gasteiger partial charge is 0.133 e. The molecule has 1 fully saturated rings. The van der Waals surface area contributed by atoms with Crippen molar-refractivity contribution in [2.24, 2.45) is 0 Å². The number of hydrogen-bond acceptors (Lipinski definition) is 3. The van der Waals surface area contributed by atoms with Crippen LogP contribution in [0.1, 0.15) is 30.6 Å². The lowest BCUT2D eigenvalue weighted by Crippen LogP contribution is -2.36. The van der Waals surface area contributed by atoms with Gasteiger partial charge in [0.2, 0.25) is 0 Å². The van der Waals surface area contributed by atoms with Gasteiger partial charge < -0.3 is 5.11 Å². The number of carbonyl (C=O) groups excluding carboxylic acids is 1. The van der Waals surface area contributed by atoms with E-state index in [1.807, 2.05) is 11.4 Å². The highest BCUT2D eigenvalue weighted by Crippen LogP contribution is 2.32. The quantitative estimate of drug-likeness (QED) is 0.909. The molecule has 2 nitrogen and oxygen atoms in total. The Kier molecular flexibility index (Phi) is 3.28. The van der Waals surface area contributed by atoms with Crippen LogP contribution in [0.3, 0.4) is 0 Å². The Morgan fingerprint density at radius 2 is 2.13 bits per heavy atom. The van der Waals surface area contributed by atoms with E-state index < -0.39 is 5.60 Å². The number of Topliss-reactive ketones (excluding diaryl/α,β-unsaturated/α-hetero) is 1. The molecule has 1 heterocycles. The Labute approximate surface area is 101 Å². The van der Waals surface area contributed by atoms with Crippen molar-refractivity contribution in [3.63, 3.8) is 0 Å². The summed E-state index contributed by atoms with van der Waals surface area (Å²) in [5, 5.41) is 12.3. The molecule has 0 aliphatic heterocycles. The zero-order chi connectivity index (χ0) is 10.9. The Bertz CT molecular complexity index is 362. The fraction of sp³-hybridized carbons (Fsp3) is 0.545. The van der Waals surface area contributed by atoms with Crippen molar-refractivity contribution in [3.8, 4) is 0 Å². The molecule has 0 atom stereocenters. The van der Waals surface area contributed by atoms with Crippen LogP contribution in [0.4, 0.5) is 0 Å². The molecule has 82 valence electrons. The minimum atomic E-state index is -0.655. The summed E-state index contributed by atoms with van der Waals surface area (Å²) in [6.07, 6.45) is 2.96. The van der Waals surface area contributed by atoms with Gasteiger partial charge in [0, 0.05) is 34.0 Å². The Balaban J connectivity index is 2.01. The van der Waals surface area contributed by atoms with Gasteiger partial charge in [-0.15, -0.1) is 11.3 Å². The lowest BCUT2D eigenvalue weighted by Gasteiger charge is -2.30. The van der Waals surface area contributed by atoms with Crippen LogP contribution < -0.4 is 0 Å². The molecule has 0 amide bonds. The topological polar surface area (TPSA) is 37.3 Å². The summed E-state index contributed by atoms with van der Waals surface area (Å²) in [5.74, 6) is 0.284. The van der Waals surface area contributed by atoms with Crippen molar-refractivity contribution >= 4 is 33.0 Å². The molecule has 0 radical (unpaired) electrons. The van der Waals surface area contributed by atoms with Crippen LogP contribution in [0.5, 0.6) is 0 Å². The third-order valence-electron chi connectivity index (χ3n) is 2.86. The van der Waals surface area contributed by atoms with Gasteiger partial charge in [0.25, 0.3) is 0 Å². The molecule has 2 rings (SSSR count). The normalized spacial score (nSPS) is 20.5. The van der Waals surface area contributed by atoms with Crippen LogP contribution in [0.25, 0.3) is 0 Å². The summed E-state index contributed by atoms with van der Waals surface area (Å²) in [6, 6.07) is 2.04. The molecule has 0 aromatic carbocycles. The first kappa shape index (κ1) is 11.3. The zero-order valence-corrected chi connectivity index (χ0v) is 10.7. The summed E-state index contributed by atoms with van der Waals surface area (Å²) >= 11 is 5.05. The van der Waals surface area contributed by atoms with E-state index >= 15 is 0 Å². The van der Waals surface area contributed by atoms with E-state index in [-0.39, 0.29) is 5.78 Å². The average molecular weight is 289 g/mol. The van der Waals surface area contributed by atoms with Crippen LogP contribution in [0, 0.1) is 0 Å². The highest BCUT2D eigenvalue weighted by Gasteiger charge is 2.32. The molecule has 4 heteroatoms. The first-order valence-electron chi connectivity index (χ1n) is 5.04. The molecule has 1 aliphatic carbocycles. The van der Waals surface area contributed by atoms with Crippen molar-refractivity contribution in [3.05, 3.63) is 20.8 Å². The van der Waals surface area contributed by atoms with Gasteiger partial charge in [-0.05, 0) is 34.8 Å². The van der Waals surface area contributed by atoms with Crippen molar-refractivity contribution in [1.82, 2.24) is 0 Å². The molecule has 1 aromatic heterocycles. The van der Waals surface area contributed by atoms with Gasteiger partial charge in [0.15, 0.2) is 0 Å². The van der Waals surface area contributed by atoms with E-state index in [1.165, 1.54) is 4.88 Å². The second kappa shape index (κ2) is 4.36. The minimum Gasteiger partial charge on any atom is -0.389 e. The predicted octanol–water partition coefficient (Wildman–Crippen LogP) is 2.93. The number of hydrogen-bond donors (Lipinski definition) is 1. The SMILES string of the molecule is O=C1CCC(O)(Cc2cc(Br)cs2)CC1. The summed E-state index contributed by atoms with van der Waals surface area (Å²) in [6.45, 7) is 0. The number of aliphatic hydroxyl groups is 1. The van der Waals surface area contributed by atoms with Crippen molar-refractivity contribution in [1.29, 1.82) is 0 Å². The second-order valence-electron chi connectivity index (χ2n) is 4.17. The molecule has 15 heavy (non-hydrogen) atoms. The van der Waals surface area contributed by atoms with Gasteiger partial charge in [-0.3, -0.25) is 4.79 Å². The molecular formula is C11H13BrO2S. The average Bonchev–Trinajstić information content (AvgIpc) is 2.57. The van der Waals surface area contributed by atoms with E-state index in [4.69, 9.17) is 0 Å². The van der Waals surface area contributed by atoms with Crippen LogP contribution >= 0.6 is 27.3 Å². The van der Waals surface area contributed by atoms with E-state index in [0.717, 1.165) is 4.47 Å². The summed E-state index contributed by atoms with van der Waals surface area (Å²) in [5.41, 5.74) is -0.655.